The number of hydrogen-bond donors (Lipinski definition) is 4. The lowest BCUT2D eigenvalue weighted by Gasteiger charge is -2.54. The number of thiazole rings is 1. The summed E-state index contributed by atoms with van der Waals surface area (Å²) in [5, 5.41) is 9.48. The molecule has 2 aromatic carbocycles. The van der Waals surface area contributed by atoms with Gasteiger partial charge in [-0.3, -0.25) is 15.1 Å². The molecule has 11 heteroatoms. The summed E-state index contributed by atoms with van der Waals surface area (Å²) in [6, 6.07) is 19.0. The third-order valence-electron chi connectivity index (χ3n) is 8.08. The number of fused-ring (bicyclic) bond motifs is 1. The average molecular weight is 581 g/mol. The molecule has 3 unspecified atom stereocenters. The zero-order chi connectivity index (χ0) is 29.2. The zero-order valence-corrected chi connectivity index (χ0v) is 24.0. The van der Waals surface area contributed by atoms with E-state index in [1.165, 1.54) is 0 Å². The molecular weight excluding hydrogens is 548 g/mol. The summed E-state index contributed by atoms with van der Waals surface area (Å²) < 4.78 is 0.999. The van der Waals surface area contributed by atoms with E-state index in [4.69, 9.17) is 10.7 Å². The number of primary amides is 1. The minimum Gasteiger partial charge on any atom is -0.369 e. The van der Waals surface area contributed by atoms with Crippen LogP contribution in [0, 0.1) is 5.92 Å². The average Bonchev–Trinajstić information content (AvgIpc) is 3.50. The van der Waals surface area contributed by atoms with Crippen LogP contribution in [-0.2, 0) is 10.2 Å². The number of aromatic nitrogens is 2. The molecule has 1 saturated heterocycles. The maximum Gasteiger partial charge on any atom is 0.318 e. The maximum atomic E-state index is 13.7. The predicted molar refractivity (Wildman–Crippen MR) is 166 cm³/mol. The summed E-state index contributed by atoms with van der Waals surface area (Å²) in [6.45, 7) is 3.22. The van der Waals surface area contributed by atoms with Gasteiger partial charge in [0.1, 0.15) is 0 Å². The molecule has 4 aromatic rings. The molecular formula is C31H32N8O2S. The van der Waals surface area contributed by atoms with Gasteiger partial charge < -0.3 is 21.3 Å². The smallest absolute Gasteiger partial charge is 0.318 e. The lowest BCUT2D eigenvalue weighted by Crippen LogP contribution is -2.73. The van der Waals surface area contributed by atoms with Crippen LogP contribution in [0.1, 0.15) is 18.9 Å². The van der Waals surface area contributed by atoms with Crippen LogP contribution >= 0.6 is 11.3 Å². The predicted octanol–water partition coefficient (Wildman–Crippen LogP) is 3.77. The Morgan fingerprint density at radius 3 is 2.74 bits per heavy atom. The Bertz CT molecular complexity index is 1660. The highest BCUT2D eigenvalue weighted by molar-refractivity contribution is 7.17. The maximum absolute atomic E-state index is 13.7. The number of carbonyl (C=O) groups excluding carboxylic acids is 2. The number of carbonyl (C=O) groups is 2. The van der Waals surface area contributed by atoms with Crippen molar-refractivity contribution >= 4 is 45.4 Å². The van der Waals surface area contributed by atoms with Crippen LogP contribution in [0.15, 0.2) is 89.6 Å². The molecule has 0 radical (unpaired) electrons. The van der Waals surface area contributed by atoms with Crippen molar-refractivity contribution in [1.29, 1.82) is 0 Å². The molecule has 0 bridgehead atoms. The van der Waals surface area contributed by atoms with Crippen molar-refractivity contribution in [3.8, 4) is 11.3 Å². The number of amides is 3. The number of rotatable bonds is 7. The molecule has 0 saturated carbocycles. The van der Waals surface area contributed by atoms with Gasteiger partial charge in [-0.2, -0.15) is 0 Å². The topological polar surface area (TPSA) is 138 Å². The highest BCUT2D eigenvalue weighted by Crippen LogP contribution is 2.47. The summed E-state index contributed by atoms with van der Waals surface area (Å²) in [6.07, 6.45) is 7.55. The van der Waals surface area contributed by atoms with Gasteiger partial charge in [0.15, 0.2) is 0 Å². The van der Waals surface area contributed by atoms with E-state index in [0.29, 0.717) is 26.1 Å². The van der Waals surface area contributed by atoms with E-state index in [0.717, 1.165) is 32.7 Å². The summed E-state index contributed by atoms with van der Waals surface area (Å²) in [4.78, 5) is 43.2. The Kier molecular flexibility index (Phi) is 7.44. The van der Waals surface area contributed by atoms with Gasteiger partial charge in [0.2, 0.25) is 11.7 Å². The first-order valence-electron chi connectivity index (χ1n) is 13.9. The molecule has 3 atom stereocenters. The molecule has 2 aliphatic heterocycles. The Morgan fingerprint density at radius 1 is 1.14 bits per heavy atom. The number of hydrogen-bond acceptors (Lipinski definition) is 8. The Hall–Kier alpha value is -4.61. The number of urea groups is 1. The fourth-order valence-electron chi connectivity index (χ4n) is 6.24. The number of nitrogens with zero attached hydrogens (tertiary/aromatic N) is 4. The first-order chi connectivity index (χ1) is 20.5. The number of nitrogens with one attached hydrogen (secondary N) is 3. The van der Waals surface area contributed by atoms with Gasteiger partial charge in [-0.15, -0.1) is 11.3 Å². The molecule has 5 N–H and O–H groups in total. The molecule has 0 aliphatic carbocycles. The number of allylic oxidation sites excluding steroid dienone is 1. The molecule has 6 rings (SSSR count). The second-order valence-corrected chi connectivity index (χ2v) is 11.2. The lowest BCUT2D eigenvalue weighted by atomic mass is 9.62. The van der Waals surface area contributed by atoms with Crippen molar-refractivity contribution in [2.45, 2.75) is 24.5 Å². The summed E-state index contributed by atoms with van der Waals surface area (Å²) in [5.41, 5.74) is 11.0. The molecule has 1 fully saturated rings. The van der Waals surface area contributed by atoms with Gasteiger partial charge in [0, 0.05) is 43.0 Å². The third-order valence-corrected chi connectivity index (χ3v) is 8.96. The van der Waals surface area contributed by atoms with E-state index in [9.17, 15) is 9.59 Å². The van der Waals surface area contributed by atoms with Crippen molar-refractivity contribution in [2.24, 2.45) is 16.6 Å². The first-order valence-corrected chi connectivity index (χ1v) is 14.8. The van der Waals surface area contributed by atoms with Crippen LogP contribution in [0.5, 0.6) is 0 Å². The zero-order valence-electron chi connectivity index (χ0n) is 23.2. The monoisotopic (exact) mass is 580 g/mol. The van der Waals surface area contributed by atoms with E-state index in [1.807, 2.05) is 90.3 Å². The summed E-state index contributed by atoms with van der Waals surface area (Å²) in [7, 11) is 0. The van der Waals surface area contributed by atoms with E-state index < -0.39 is 29.1 Å². The van der Waals surface area contributed by atoms with Crippen LogP contribution in [0.2, 0.25) is 0 Å². The fourth-order valence-corrected chi connectivity index (χ4v) is 7.03. The Balaban J connectivity index is 1.59. The molecule has 2 aliphatic rings. The molecule has 2 aromatic heterocycles. The summed E-state index contributed by atoms with van der Waals surface area (Å²) in [5.74, 6) is -2.50. The molecule has 10 nitrogen and oxygen atoms in total. The fraction of sp³-hybridized carbons (Fsp3) is 0.258. The minimum atomic E-state index is -1.43. The summed E-state index contributed by atoms with van der Waals surface area (Å²) >= 11 is 1.54. The van der Waals surface area contributed by atoms with Gasteiger partial charge in [0.25, 0.3) is 0 Å². The second-order valence-electron chi connectivity index (χ2n) is 10.3. The van der Waals surface area contributed by atoms with Crippen molar-refractivity contribution < 1.29 is 9.59 Å². The second kappa shape index (κ2) is 11.3. The highest BCUT2D eigenvalue weighted by Gasteiger charge is 2.60. The molecule has 42 heavy (non-hydrogen) atoms. The van der Waals surface area contributed by atoms with Crippen LogP contribution in [0.3, 0.4) is 0 Å². The van der Waals surface area contributed by atoms with Gasteiger partial charge in [-0.25, -0.2) is 14.8 Å². The van der Waals surface area contributed by atoms with Crippen molar-refractivity contribution in [1.82, 2.24) is 25.9 Å². The number of anilines is 1. The molecule has 214 valence electrons. The number of piperidine rings is 1. The van der Waals surface area contributed by atoms with Crippen molar-refractivity contribution in [3.05, 3.63) is 90.2 Å². The van der Waals surface area contributed by atoms with E-state index in [1.54, 1.807) is 23.7 Å². The van der Waals surface area contributed by atoms with Gasteiger partial charge in [0.05, 0.1) is 32.8 Å². The van der Waals surface area contributed by atoms with E-state index >= 15 is 0 Å². The Labute approximate surface area is 247 Å². The largest absolute Gasteiger partial charge is 0.369 e. The third kappa shape index (κ3) is 4.60. The number of nitrogens with two attached hydrogens (primary N) is 1. The SMILES string of the molecule is CCNC(=O)NC1(C2CNCCC2(C(N)=O)c2ccccc2)N=CC=CN1c1cc(-c2ccccn2)c2scnc2c1. The Morgan fingerprint density at radius 2 is 1.98 bits per heavy atom. The van der Waals surface area contributed by atoms with Crippen molar-refractivity contribution in [3.63, 3.8) is 0 Å². The van der Waals surface area contributed by atoms with Gasteiger partial charge >= 0.3 is 6.03 Å². The van der Waals surface area contributed by atoms with E-state index in [2.05, 4.69) is 25.9 Å². The quantitative estimate of drug-likeness (QED) is 0.263. The van der Waals surface area contributed by atoms with Crippen molar-refractivity contribution in [2.75, 3.05) is 24.5 Å². The normalized spacial score (nSPS) is 23.5. The first kappa shape index (κ1) is 27.6. The molecule has 3 amide bonds. The van der Waals surface area contributed by atoms with Crippen LogP contribution in [0.4, 0.5) is 10.5 Å². The number of pyridine rings is 1. The number of aliphatic imine (C=N–C) groups is 1. The van der Waals surface area contributed by atoms with E-state index in [-0.39, 0.29) is 0 Å². The van der Waals surface area contributed by atoms with Crippen LogP contribution in [-0.4, -0.2) is 53.5 Å². The molecule has 4 heterocycles. The van der Waals surface area contributed by atoms with Crippen LogP contribution < -0.4 is 26.6 Å². The standard InChI is InChI=1S/C31H32N8O2S/c1-2-34-29(41)38-31(26-19-33-15-12-30(26,28(32)40)21-9-4-3-5-10-21)37-14-8-16-39(31)22-17-23(24-11-6-7-13-35-24)27-25(18-22)36-20-42-27/h3-11,13-14,16-18,20,26,33H,2,12,15,19H2,1H3,(H2,32,40)(H2,34,38,41). The van der Waals surface area contributed by atoms with Gasteiger partial charge in [-0.1, -0.05) is 36.4 Å². The highest BCUT2D eigenvalue weighted by atomic mass is 32.1. The number of benzene rings is 2. The molecule has 0 spiro atoms. The van der Waals surface area contributed by atoms with Gasteiger partial charge in [-0.05, 0) is 55.8 Å². The van der Waals surface area contributed by atoms with Crippen LogP contribution in [0.25, 0.3) is 21.5 Å². The lowest BCUT2D eigenvalue weighted by molar-refractivity contribution is -0.128. The minimum absolute atomic E-state index is 0.373.